The van der Waals surface area contributed by atoms with E-state index in [-0.39, 0.29) is 23.3 Å². The zero-order valence-electron chi connectivity index (χ0n) is 9.58. The van der Waals surface area contributed by atoms with Crippen molar-refractivity contribution in [2.45, 2.75) is 13.0 Å². The van der Waals surface area contributed by atoms with Crippen LogP contribution in [0.25, 0.3) is 0 Å². The summed E-state index contributed by atoms with van der Waals surface area (Å²) in [5, 5.41) is 17.8. The summed E-state index contributed by atoms with van der Waals surface area (Å²) >= 11 is 0. The molecular weight excluding hydrogens is 260 g/mol. The molecule has 1 heterocycles. The topological polar surface area (TPSA) is 77.8 Å². The third kappa shape index (κ3) is 2.72. The molecule has 0 saturated carbocycles. The van der Waals surface area contributed by atoms with Gasteiger partial charge in [0.25, 0.3) is 0 Å². The Labute approximate surface area is 105 Å². The maximum absolute atomic E-state index is 13.7. The van der Waals surface area contributed by atoms with Gasteiger partial charge in [-0.1, -0.05) is 12.1 Å². The van der Waals surface area contributed by atoms with Gasteiger partial charge >= 0.3 is 7.12 Å². The maximum atomic E-state index is 13.7. The van der Waals surface area contributed by atoms with Crippen molar-refractivity contribution >= 4 is 22.6 Å². The standard InChI is InChI=1S/C10H13BFNO4S/c12-10-6-9(11(14)15)3-2-8(10)7-13-4-1-5-18(13,16)17/h2-3,6,14-15H,1,4-5,7H2. The number of hydrogen-bond donors (Lipinski definition) is 2. The van der Waals surface area contributed by atoms with E-state index in [0.717, 1.165) is 6.07 Å². The highest BCUT2D eigenvalue weighted by Gasteiger charge is 2.28. The molecule has 8 heteroatoms. The molecule has 1 fully saturated rings. The number of benzene rings is 1. The monoisotopic (exact) mass is 273 g/mol. The molecule has 0 amide bonds. The summed E-state index contributed by atoms with van der Waals surface area (Å²) in [6, 6.07) is 3.74. The van der Waals surface area contributed by atoms with Crippen LogP contribution in [0.3, 0.4) is 0 Å². The van der Waals surface area contributed by atoms with Crippen LogP contribution in [0, 0.1) is 5.82 Å². The van der Waals surface area contributed by atoms with E-state index in [1.807, 2.05) is 0 Å². The Kier molecular flexibility index (Phi) is 3.72. The zero-order valence-corrected chi connectivity index (χ0v) is 10.4. The van der Waals surface area contributed by atoms with Gasteiger partial charge in [0, 0.05) is 18.7 Å². The smallest absolute Gasteiger partial charge is 0.423 e. The Bertz CT molecular complexity index is 549. The molecule has 5 nitrogen and oxygen atoms in total. The van der Waals surface area contributed by atoms with Crippen molar-refractivity contribution in [2.24, 2.45) is 0 Å². The molecule has 0 radical (unpaired) electrons. The van der Waals surface area contributed by atoms with Gasteiger partial charge in [0.2, 0.25) is 10.0 Å². The lowest BCUT2D eigenvalue weighted by Crippen LogP contribution is -2.31. The summed E-state index contributed by atoms with van der Waals surface area (Å²) in [6.07, 6.45) is 0.553. The SMILES string of the molecule is O=S1(=O)CCCN1Cc1ccc(B(O)O)cc1F. The average Bonchev–Trinajstić information content (AvgIpc) is 2.61. The highest BCUT2D eigenvalue weighted by molar-refractivity contribution is 7.89. The molecule has 0 atom stereocenters. The van der Waals surface area contributed by atoms with Gasteiger partial charge in [-0.15, -0.1) is 0 Å². The van der Waals surface area contributed by atoms with Crippen LogP contribution in [0.1, 0.15) is 12.0 Å². The first-order chi connectivity index (χ1) is 8.40. The first-order valence-corrected chi connectivity index (χ1v) is 7.13. The van der Waals surface area contributed by atoms with Crippen molar-refractivity contribution < 1.29 is 22.9 Å². The van der Waals surface area contributed by atoms with Crippen LogP contribution in [-0.4, -0.2) is 42.2 Å². The second-order valence-electron chi connectivity index (χ2n) is 4.23. The van der Waals surface area contributed by atoms with Gasteiger partial charge in [-0.05, 0) is 17.9 Å². The lowest BCUT2D eigenvalue weighted by molar-refractivity contribution is 0.423. The number of rotatable bonds is 3. The second-order valence-corrected chi connectivity index (χ2v) is 6.32. The Morgan fingerprint density at radius 3 is 2.61 bits per heavy atom. The van der Waals surface area contributed by atoms with Crippen molar-refractivity contribution in [3.05, 3.63) is 29.6 Å². The summed E-state index contributed by atoms with van der Waals surface area (Å²) in [6.45, 7) is 0.377. The van der Waals surface area contributed by atoms with Crippen LogP contribution in [0.15, 0.2) is 18.2 Å². The van der Waals surface area contributed by atoms with Crippen LogP contribution in [0.5, 0.6) is 0 Å². The molecule has 0 aromatic heterocycles. The van der Waals surface area contributed by atoms with Crippen LogP contribution < -0.4 is 5.46 Å². The van der Waals surface area contributed by atoms with Gasteiger partial charge in [-0.25, -0.2) is 12.8 Å². The molecule has 1 aliphatic rings. The Morgan fingerprint density at radius 1 is 1.39 bits per heavy atom. The fourth-order valence-electron chi connectivity index (χ4n) is 1.91. The number of sulfonamides is 1. The Hall–Kier alpha value is -0.955. The molecular formula is C10H13BFNO4S. The van der Waals surface area contributed by atoms with Crippen molar-refractivity contribution in [3.63, 3.8) is 0 Å². The van der Waals surface area contributed by atoms with Gasteiger partial charge in [0.05, 0.1) is 5.75 Å². The lowest BCUT2D eigenvalue weighted by atomic mass is 9.80. The van der Waals surface area contributed by atoms with E-state index >= 15 is 0 Å². The maximum Gasteiger partial charge on any atom is 0.488 e. The normalized spacial score (nSPS) is 19.1. The Morgan fingerprint density at radius 2 is 2.11 bits per heavy atom. The second kappa shape index (κ2) is 4.97. The van der Waals surface area contributed by atoms with Gasteiger partial charge < -0.3 is 10.0 Å². The summed E-state index contributed by atoms with van der Waals surface area (Å²) < 4.78 is 38.1. The van der Waals surface area contributed by atoms with Crippen LogP contribution in [-0.2, 0) is 16.6 Å². The van der Waals surface area contributed by atoms with E-state index in [0.29, 0.717) is 13.0 Å². The fraction of sp³-hybridized carbons (Fsp3) is 0.400. The van der Waals surface area contributed by atoms with Crippen molar-refractivity contribution in [2.75, 3.05) is 12.3 Å². The quantitative estimate of drug-likeness (QED) is 0.695. The molecule has 0 bridgehead atoms. The van der Waals surface area contributed by atoms with E-state index < -0.39 is 23.0 Å². The highest BCUT2D eigenvalue weighted by Crippen LogP contribution is 2.18. The first-order valence-electron chi connectivity index (χ1n) is 5.52. The van der Waals surface area contributed by atoms with E-state index in [2.05, 4.69) is 0 Å². The average molecular weight is 273 g/mol. The van der Waals surface area contributed by atoms with Crippen LogP contribution in [0.2, 0.25) is 0 Å². The molecule has 2 rings (SSSR count). The largest absolute Gasteiger partial charge is 0.488 e. The lowest BCUT2D eigenvalue weighted by Gasteiger charge is -2.15. The van der Waals surface area contributed by atoms with Crippen molar-refractivity contribution in [1.82, 2.24) is 4.31 Å². The molecule has 1 saturated heterocycles. The van der Waals surface area contributed by atoms with E-state index in [1.165, 1.54) is 16.4 Å². The minimum absolute atomic E-state index is 0.0179. The first kappa shape index (κ1) is 13.5. The predicted molar refractivity (Wildman–Crippen MR) is 65.0 cm³/mol. The molecule has 2 N–H and O–H groups in total. The van der Waals surface area contributed by atoms with Crippen molar-refractivity contribution in [1.29, 1.82) is 0 Å². The zero-order chi connectivity index (χ0) is 13.3. The van der Waals surface area contributed by atoms with Gasteiger partial charge in [-0.3, -0.25) is 0 Å². The molecule has 98 valence electrons. The van der Waals surface area contributed by atoms with E-state index in [4.69, 9.17) is 10.0 Å². The minimum atomic E-state index is -3.26. The number of nitrogens with zero attached hydrogens (tertiary/aromatic N) is 1. The minimum Gasteiger partial charge on any atom is -0.423 e. The third-order valence-electron chi connectivity index (χ3n) is 2.93. The molecule has 1 aromatic rings. The Balaban J connectivity index is 2.20. The summed E-state index contributed by atoms with van der Waals surface area (Å²) in [7, 11) is -4.99. The molecule has 18 heavy (non-hydrogen) atoms. The predicted octanol–water partition coefficient (Wildman–Crippen LogP) is -0.959. The third-order valence-corrected chi connectivity index (χ3v) is 4.83. The molecule has 0 aliphatic carbocycles. The summed E-state index contributed by atoms with van der Waals surface area (Å²) in [4.78, 5) is 0. The summed E-state index contributed by atoms with van der Waals surface area (Å²) in [5.41, 5.74) is 0.269. The molecule has 1 aromatic carbocycles. The van der Waals surface area contributed by atoms with Gasteiger partial charge in [-0.2, -0.15) is 4.31 Å². The van der Waals surface area contributed by atoms with Crippen LogP contribution >= 0.6 is 0 Å². The van der Waals surface area contributed by atoms with Gasteiger partial charge in [0.1, 0.15) is 5.82 Å². The number of halogens is 1. The van der Waals surface area contributed by atoms with E-state index in [9.17, 15) is 12.8 Å². The number of hydrogen-bond acceptors (Lipinski definition) is 4. The van der Waals surface area contributed by atoms with Crippen molar-refractivity contribution in [3.8, 4) is 0 Å². The van der Waals surface area contributed by atoms with Crippen LogP contribution in [0.4, 0.5) is 4.39 Å². The van der Waals surface area contributed by atoms with E-state index in [1.54, 1.807) is 0 Å². The van der Waals surface area contributed by atoms with Gasteiger partial charge in [0.15, 0.2) is 0 Å². The molecule has 1 aliphatic heterocycles. The fourth-order valence-corrected chi connectivity index (χ4v) is 3.41. The molecule has 0 unspecified atom stereocenters. The summed E-state index contributed by atoms with van der Waals surface area (Å²) in [5.74, 6) is -0.537. The highest BCUT2D eigenvalue weighted by atomic mass is 32.2. The molecule has 0 spiro atoms.